The zero-order valence-electron chi connectivity index (χ0n) is 14.0. The van der Waals surface area contributed by atoms with Crippen LogP contribution in [0, 0.1) is 12.8 Å². The zero-order valence-corrected chi connectivity index (χ0v) is 14.8. The predicted molar refractivity (Wildman–Crippen MR) is 97.2 cm³/mol. The fourth-order valence-corrected chi connectivity index (χ4v) is 3.79. The molecule has 130 valence electrons. The SMILES string of the molecule is C=C1NC(=O)NC(c2ccc(C)s2)C1C(=O)OCCc1ccccc1. The summed E-state index contributed by atoms with van der Waals surface area (Å²) in [5.74, 6) is -1.03. The van der Waals surface area contributed by atoms with E-state index in [0.29, 0.717) is 12.1 Å². The lowest BCUT2D eigenvalue weighted by molar-refractivity contribution is -0.148. The Morgan fingerprint density at radius 2 is 2.00 bits per heavy atom. The molecule has 2 amide bonds. The van der Waals surface area contributed by atoms with Crippen molar-refractivity contribution in [2.45, 2.75) is 19.4 Å². The topological polar surface area (TPSA) is 67.4 Å². The van der Waals surface area contributed by atoms with Crippen LogP contribution in [0.2, 0.25) is 0 Å². The van der Waals surface area contributed by atoms with Crippen molar-refractivity contribution in [1.82, 2.24) is 10.6 Å². The average Bonchev–Trinajstić information content (AvgIpc) is 3.01. The van der Waals surface area contributed by atoms with Crippen LogP contribution < -0.4 is 10.6 Å². The Bertz CT molecular complexity index is 785. The standard InChI is InChI=1S/C19H20N2O3S/c1-12-8-9-15(25-12)17-16(13(2)20-19(23)21-17)18(22)24-11-10-14-6-4-3-5-7-14/h3-9,16-17H,2,10-11H2,1H3,(H2,20,21,23). The van der Waals surface area contributed by atoms with Gasteiger partial charge < -0.3 is 15.4 Å². The molecule has 2 atom stereocenters. The normalized spacial score (nSPS) is 19.9. The number of aryl methyl sites for hydroxylation is 1. The van der Waals surface area contributed by atoms with E-state index in [1.54, 1.807) is 11.3 Å². The van der Waals surface area contributed by atoms with Gasteiger partial charge in [-0.15, -0.1) is 11.3 Å². The number of hydrogen-bond acceptors (Lipinski definition) is 4. The molecule has 0 spiro atoms. The number of hydrogen-bond donors (Lipinski definition) is 2. The van der Waals surface area contributed by atoms with E-state index in [-0.39, 0.29) is 18.6 Å². The molecule has 0 aliphatic carbocycles. The smallest absolute Gasteiger partial charge is 0.319 e. The maximum Gasteiger partial charge on any atom is 0.319 e. The van der Waals surface area contributed by atoms with Crippen LogP contribution in [0.25, 0.3) is 0 Å². The molecule has 1 saturated heterocycles. The van der Waals surface area contributed by atoms with Gasteiger partial charge in [-0.25, -0.2) is 4.79 Å². The minimum Gasteiger partial charge on any atom is -0.465 e. The summed E-state index contributed by atoms with van der Waals surface area (Å²) in [5, 5.41) is 5.40. The second-order valence-corrected chi connectivity index (χ2v) is 7.25. The van der Waals surface area contributed by atoms with E-state index in [9.17, 15) is 9.59 Å². The minimum absolute atomic E-state index is 0.288. The molecule has 2 heterocycles. The molecule has 1 aromatic heterocycles. The second-order valence-electron chi connectivity index (χ2n) is 5.93. The van der Waals surface area contributed by atoms with Gasteiger partial charge in [-0.3, -0.25) is 4.79 Å². The molecule has 1 aliphatic heterocycles. The monoisotopic (exact) mass is 356 g/mol. The van der Waals surface area contributed by atoms with Crippen molar-refractivity contribution in [1.29, 1.82) is 0 Å². The highest BCUT2D eigenvalue weighted by molar-refractivity contribution is 7.12. The third-order valence-corrected chi connectivity index (χ3v) is 5.15. The van der Waals surface area contributed by atoms with Gasteiger partial charge >= 0.3 is 12.0 Å². The van der Waals surface area contributed by atoms with Gasteiger partial charge in [-0.05, 0) is 24.6 Å². The lowest BCUT2D eigenvalue weighted by atomic mass is 9.93. The molecule has 0 bridgehead atoms. The van der Waals surface area contributed by atoms with E-state index in [4.69, 9.17) is 4.74 Å². The summed E-state index contributed by atoms with van der Waals surface area (Å²) in [5.41, 5.74) is 1.47. The van der Waals surface area contributed by atoms with E-state index in [1.807, 2.05) is 49.4 Å². The molecule has 1 aliphatic rings. The van der Waals surface area contributed by atoms with E-state index in [2.05, 4.69) is 17.2 Å². The number of amides is 2. The first-order valence-electron chi connectivity index (χ1n) is 8.08. The van der Waals surface area contributed by atoms with E-state index < -0.39 is 12.0 Å². The Kier molecular flexibility index (Phi) is 5.19. The van der Waals surface area contributed by atoms with Gasteiger partial charge in [0.1, 0.15) is 5.92 Å². The zero-order chi connectivity index (χ0) is 17.8. The van der Waals surface area contributed by atoms with Crippen molar-refractivity contribution >= 4 is 23.3 Å². The van der Waals surface area contributed by atoms with Crippen molar-refractivity contribution in [2.24, 2.45) is 5.92 Å². The summed E-state index contributed by atoms with van der Waals surface area (Å²) in [6.07, 6.45) is 0.647. The average molecular weight is 356 g/mol. The highest BCUT2D eigenvalue weighted by Crippen LogP contribution is 2.34. The molecule has 1 aromatic carbocycles. The fraction of sp³-hybridized carbons (Fsp3) is 0.263. The van der Waals surface area contributed by atoms with Crippen molar-refractivity contribution < 1.29 is 14.3 Å². The van der Waals surface area contributed by atoms with Gasteiger partial charge in [0.25, 0.3) is 0 Å². The number of benzene rings is 1. The molecule has 2 aromatic rings. The van der Waals surface area contributed by atoms with Gasteiger partial charge in [0.15, 0.2) is 0 Å². The highest BCUT2D eigenvalue weighted by atomic mass is 32.1. The lowest BCUT2D eigenvalue weighted by Crippen LogP contribution is -2.50. The number of carbonyl (C=O) groups excluding carboxylic acids is 2. The van der Waals surface area contributed by atoms with Crippen molar-refractivity contribution in [3.05, 3.63) is 70.1 Å². The minimum atomic E-state index is -0.647. The molecule has 3 rings (SSSR count). The van der Waals surface area contributed by atoms with Crippen molar-refractivity contribution in [3.63, 3.8) is 0 Å². The quantitative estimate of drug-likeness (QED) is 0.808. The number of carbonyl (C=O) groups is 2. The first-order valence-corrected chi connectivity index (χ1v) is 8.89. The van der Waals surface area contributed by atoms with Crippen molar-refractivity contribution in [3.8, 4) is 0 Å². The van der Waals surface area contributed by atoms with E-state index in [1.165, 1.54) is 0 Å². The molecule has 5 nitrogen and oxygen atoms in total. The Morgan fingerprint density at radius 1 is 1.24 bits per heavy atom. The van der Waals surface area contributed by atoms with Crippen LogP contribution in [0.5, 0.6) is 0 Å². The van der Waals surface area contributed by atoms with Crippen LogP contribution in [0.15, 0.2) is 54.7 Å². The number of rotatable bonds is 5. The molecular weight excluding hydrogens is 336 g/mol. The Balaban J connectivity index is 1.69. The number of ether oxygens (including phenoxy) is 1. The van der Waals surface area contributed by atoms with E-state index in [0.717, 1.165) is 15.3 Å². The largest absolute Gasteiger partial charge is 0.465 e. The third-order valence-electron chi connectivity index (χ3n) is 4.07. The summed E-state index contributed by atoms with van der Waals surface area (Å²) in [6.45, 7) is 6.12. The first-order chi connectivity index (χ1) is 12.0. The predicted octanol–water partition coefficient (Wildman–Crippen LogP) is 3.33. The third kappa shape index (κ3) is 4.09. The molecule has 1 fully saturated rings. The van der Waals surface area contributed by atoms with Gasteiger partial charge in [0.2, 0.25) is 0 Å². The Labute approximate surface area is 150 Å². The van der Waals surface area contributed by atoms with Gasteiger partial charge in [-0.1, -0.05) is 36.9 Å². The van der Waals surface area contributed by atoms with Gasteiger partial charge in [0, 0.05) is 21.9 Å². The van der Waals surface area contributed by atoms with Crippen LogP contribution in [0.3, 0.4) is 0 Å². The van der Waals surface area contributed by atoms with Gasteiger partial charge in [0.05, 0.1) is 12.6 Å². The maximum atomic E-state index is 12.6. The number of esters is 1. The number of urea groups is 1. The summed E-state index contributed by atoms with van der Waals surface area (Å²) < 4.78 is 5.46. The maximum absolute atomic E-state index is 12.6. The molecule has 2 unspecified atom stereocenters. The fourth-order valence-electron chi connectivity index (χ4n) is 2.82. The van der Waals surface area contributed by atoms with Crippen LogP contribution in [-0.2, 0) is 16.0 Å². The summed E-state index contributed by atoms with van der Waals surface area (Å²) >= 11 is 1.55. The molecule has 6 heteroatoms. The molecule has 0 radical (unpaired) electrons. The van der Waals surface area contributed by atoms with Crippen LogP contribution in [0.4, 0.5) is 4.79 Å². The molecule has 0 saturated carbocycles. The number of nitrogens with one attached hydrogen (secondary N) is 2. The molecule has 2 N–H and O–H groups in total. The molecular formula is C19H20N2O3S. The van der Waals surface area contributed by atoms with Crippen LogP contribution in [0.1, 0.15) is 21.4 Å². The second kappa shape index (κ2) is 7.53. The summed E-state index contributed by atoms with van der Waals surface area (Å²) in [7, 11) is 0. The number of thiophene rings is 1. The Hall–Kier alpha value is -2.60. The highest BCUT2D eigenvalue weighted by Gasteiger charge is 2.39. The molecule has 25 heavy (non-hydrogen) atoms. The summed E-state index contributed by atoms with van der Waals surface area (Å²) in [6, 6.07) is 12.9. The lowest BCUT2D eigenvalue weighted by Gasteiger charge is -2.32. The summed E-state index contributed by atoms with van der Waals surface area (Å²) in [4.78, 5) is 26.5. The Morgan fingerprint density at radius 3 is 2.68 bits per heavy atom. The van der Waals surface area contributed by atoms with Crippen LogP contribution in [-0.4, -0.2) is 18.6 Å². The van der Waals surface area contributed by atoms with Crippen LogP contribution >= 0.6 is 11.3 Å². The van der Waals surface area contributed by atoms with Gasteiger partial charge in [-0.2, -0.15) is 0 Å². The van der Waals surface area contributed by atoms with Crippen molar-refractivity contribution in [2.75, 3.05) is 6.61 Å². The first kappa shape index (κ1) is 17.2. The van der Waals surface area contributed by atoms with E-state index >= 15 is 0 Å².